The largest absolute Gasteiger partial charge is 0.497 e. The number of rotatable bonds is 5. The molecule has 1 aliphatic rings. The van der Waals surface area contributed by atoms with Crippen LogP contribution in [-0.4, -0.2) is 43.4 Å². The topological polar surface area (TPSA) is 84.9 Å². The molecule has 1 aromatic rings. The standard InChI is InChI=1S/C14H16N2O5/c1-20-9-3-4-11(21-2)10(7-9)15-12(17)8-16-13(18)5-6-14(16)19/h3-4,7H,5-6,8H2,1-2H3,(H,15,17). The predicted octanol–water partition coefficient (Wildman–Crippen LogP) is 0.791. The molecular formula is C14H16N2O5. The van der Waals surface area contributed by atoms with Crippen LogP contribution in [-0.2, 0) is 14.4 Å². The second-order valence-electron chi connectivity index (χ2n) is 4.49. The highest BCUT2D eigenvalue weighted by molar-refractivity contribution is 6.06. The molecule has 0 atom stereocenters. The molecule has 0 spiro atoms. The smallest absolute Gasteiger partial charge is 0.244 e. The molecule has 1 heterocycles. The quantitative estimate of drug-likeness (QED) is 0.811. The lowest BCUT2D eigenvalue weighted by atomic mass is 10.2. The van der Waals surface area contributed by atoms with Crippen LogP contribution in [0.25, 0.3) is 0 Å². The van der Waals surface area contributed by atoms with Gasteiger partial charge in [-0.25, -0.2) is 0 Å². The van der Waals surface area contributed by atoms with Gasteiger partial charge in [0.15, 0.2) is 0 Å². The summed E-state index contributed by atoms with van der Waals surface area (Å²) in [6.45, 7) is -0.294. The summed E-state index contributed by atoms with van der Waals surface area (Å²) in [5.74, 6) is -0.103. The van der Waals surface area contributed by atoms with E-state index in [-0.39, 0.29) is 31.2 Å². The van der Waals surface area contributed by atoms with E-state index in [0.29, 0.717) is 17.2 Å². The molecule has 0 bridgehead atoms. The highest BCUT2D eigenvalue weighted by Crippen LogP contribution is 2.28. The van der Waals surface area contributed by atoms with Gasteiger partial charge in [0, 0.05) is 18.9 Å². The second kappa shape index (κ2) is 6.25. The van der Waals surface area contributed by atoms with Crippen LogP contribution >= 0.6 is 0 Å². The molecule has 0 unspecified atom stereocenters. The molecule has 1 aromatic carbocycles. The van der Waals surface area contributed by atoms with Gasteiger partial charge in [0.25, 0.3) is 0 Å². The van der Waals surface area contributed by atoms with E-state index in [1.165, 1.54) is 14.2 Å². The monoisotopic (exact) mass is 292 g/mol. The normalized spacial score (nSPS) is 14.3. The van der Waals surface area contributed by atoms with Gasteiger partial charge in [0.1, 0.15) is 18.0 Å². The van der Waals surface area contributed by atoms with E-state index in [9.17, 15) is 14.4 Å². The van der Waals surface area contributed by atoms with Crippen LogP contribution in [0.3, 0.4) is 0 Å². The van der Waals surface area contributed by atoms with E-state index in [2.05, 4.69) is 5.32 Å². The van der Waals surface area contributed by atoms with Crippen LogP contribution in [0.5, 0.6) is 11.5 Å². The second-order valence-corrected chi connectivity index (χ2v) is 4.49. The highest BCUT2D eigenvalue weighted by Gasteiger charge is 2.30. The third-order valence-corrected chi connectivity index (χ3v) is 3.14. The van der Waals surface area contributed by atoms with Crippen molar-refractivity contribution in [1.82, 2.24) is 4.90 Å². The van der Waals surface area contributed by atoms with Crippen molar-refractivity contribution in [1.29, 1.82) is 0 Å². The van der Waals surface area contributed by atoms with Crippen LogP contribution in [0.4, 0.5) is 5.69 Å². The maximum atomic E-state index is 12.0. The number of likely N-dealkylation sites (tertiary alicyclic amines) is 1. The Morgan fingerprint density at radius 1 is 1.19 bits per heavy atom. The lowest BCUT2D eigenvalue weighted by Gasteiger charge is -2.15. The molecular weight excluding hydrogens is 276 g/mol. The zero-order chi connectivity index (χ0) is 15.4. The van der Waals surface area contributed by atoms with E-state index < -0.39 is 5.91 Å². The van der Waals surface area contributed by atoms with E-state index in [1.807, 2.05) is 0 Å². The number of nitrogens with one attached hydrogen (secondary N) is 1. The predicted molar refractivity (Wildman–Crippen MR) is 74.1 cm³/mol. The molecule has 0 aromatic heterocycles. The molecule has 7 heteroatoms. The maximum Gasteiger partial charge on any atom is 0.244 e. The zero-order valence-electron chi connectivity index (χ0n) is 11.8. The molecule has 0 radical (unpaired) electrons. The molecule has 112 valence electrons. The summed E-state index contributed by atoms with van der Waals surface area (Å²) in [4.78, 5) is 35.9. The maximum absolute atomic E-state index is 12.0. The first kappa shape index (κ1) is 14.8. The van der Waals surface area contributed by atoms with Crippen molar-refractivity contribution in [3.63, 3.8) is 0 Å². The molecule has 0 saturated carbocycles. The van der Waals surface area contributed by atoms with Crippen molar-refractivity contribution >= 4 is 23.4 Å². The molecule has 1 N–H and O–H groups in total. The van der Waals surface area contributed by atoms with Gasteiger partial charge in [-0.05, 0) is 12.1 Å². The number of hydrogen-bond donors (Lipinski definition) is 1. The summed E-state index contributed by atoms with van der Waals surface area (Å²) < 4.78 is 10.2. The highest BCUT2D eigenvalue weighted by atomic mass is 16.5. The van der Waals surface area contributed by atoms with Gasteiger partial charge in [-0.2, -0.15) is 0 Å². The first-order valence-corrected chi connectivity index (χ1v) is 6.40. The molecule has 2 rings (SSSR count). The van der Waals surface area contributed by atoms with Crippen LogP contribution < -0.4 is 14.8 Å². The molecule has 0 aliphatic carbocycles. The number of benzene rings is 1. The Morgan fingerprint density at radius 3 is 2.43 bits per heavy atom. The van der Waals surface area contributed by atoms with Gasteiger partial charge in [0.2, 0.25) is 17.7 Å². The van der Waals surface area contributed by atoms with Crippen LogP contribution in [0.1, 0.15) is 12.8 Å². The van der Waals surface area contributed by atoms with Crippen molar-refractivity contribution in [2.75, 3.05) is 26.1 Å². The Kier molecular flexibility index (Phi) is 4.42. The van der Waals surface area contributed by atoms with Gasteiger partial charge < -0.3 is 14.8 Å². The minimum Gasteiger partial charge on any atom is -0.497 e. The number of imide groups is 1. The van der Waals surface area contributed by atoms with Gasteiger partial charge in [0.05, 0.1) is 19.9 Å². The fraction of sp³-hybridized carbons (Fsp3) is 0.357. The number of hydrogen-bond acceptors (Lipinski definition) is 5. The minimum absolute atomic E-state index is 0.161. The van der Waals surface area contributed by atoms with Gasteiger partial charge in [-0.3, -0.25) is 19.3 Å². The summed E-state index contributed by atoms with van der Waals surface area (Å²) in [6.07, 6.45) is 0.323. The number of nitrogens with zero attached hydrogens (tertiary/aromatic N) is 1. The Hall–Kier alpha value is -2.57. The average Bonchev–Trinajstić information content (AvgIpc) is 2.79. The Balaban J connectivity index is 2.08. The van der Waals surface area contributed by atoms with Crippen molar-refractivity contribution < 1.29 is 23.9 Å². The van der Waals surface area contributed by atoms with Gasteiger partial charge >= 0.3 is 0 Å². The third-order valence-electron chi connectivity index (χ3n) is 3.14. The van der Waals surface area contributed by atoms with Crippen LogP contribution in [0.15, 0.2) is 18.2 Å². The van der Waals surface area contributed by atoms with Crippen molar-refractivity contribution in [3.8, 4) is 11.5 Å². The number of amides is 3. The molecule has 1 saturated heterocycles. The Labute approximate surface area is 121 Å². The number of carbonyl (C=O) groups excluding carboxylic acids is 3. The number of carbonyl (C=O) groups is 3. The number of anilines is 1. The zero-order valence-corrected chi connectivity index (χ0v) is 11.8. The summed E-state index contributed by atoms with van der Waals surface area (Å²) in [6, 6.07) is 4.95. The summed E-state index contributed by atoms with van der Waals surface area (Å²) in [5.41, 5.74) is 0.418. The Morgan fingerprint density at radius 2 is 1.86 bits per heavy atom. The number of ether oxygens (including phenoxy) is 2. The molecule has 7 nitrogen and oxygen atoms in total. The van der Waals surface area contributed by atoms with Crippen LogP contribution in [0.2, 0.25) is 0 Å². The van der Waals surface area contributed by atoms with E-state index in [1.54, 1.807) is 18.2 Å². The van der Waals surface area contributed by atoms with E-state index in [4.69, 9.17) is 9.47 Å². The van der Waals surface area contributed by atoms with Gasteiger partial charge in [-0.15, -0.1) is 0 Å². The van der Waals surface area contributed by atoms with E-state index in [0.717, 1.165) is 4.90 Å². The first-order valence-electron chi connectivity index (χ1n) is 6.40. The lowest BCUT2D eigenvalue weighted by molar-refractivity contribution is -0.141. The molecule has 1 aliphatic heterocycles. The fourth-order valence-corrected chi connectivity index (χ4v) is 2.04. The molecule has 21 heavy (non-hydrogen) atoms. The lowest BCUT2D eigenvalue weighted by Crippen LogP contribution is -2.36. The van der Waals surface area contributed by atoms with Crippen molar-refractivity contribution in [2.24, 2.45) is 0 Å². The first-order chi connectivity index (χ1) is 10.0. The van der Waals surface area contributed by atoms with Gasteiger partial charge in [-0.1, -0.05) is 0 Å². The van der Waals surface area contributed by atoms with Crippen LogP contribution in [0, 0.1) is 0 Å². The Bertz CT molecular complexity index is 569. The minimum atomic E-state index is -0.467. The fourth-order valence-electron chi connectivity index (χ4n) is 2.04. The molecule has 3 amide bonds. The SMILES string of the molecule is COc1ccc(OC)c(NC(=O)CN2C(=O)CCC2=O)c1. The summed E-state index contributed by atoms with van der Waals surface area (Å²) in [5, 5.41) is 2.61. The summed E-state index contributed by atoms with van der Waals surface area (Å²) in [7, 11) is 2.99. The van der Waals surface area contributed by atoms with E-state index >= 15 is 0 Å². The molecule has 1 fully saturated rings. The van der Waals surface area contributed by atoms with Crippen molar-refractivity contribution in [2.45, 2.75) is 12.8 Å². The summed E-state index contributed by atoms with van der Waals surface area (Å²) >= 11 is 0. The third kappa shape index (κ3) is 3.31. The average molecular weight is 292 g/mol. The van der Waals surface area contributed by atoms with Crippen molar-refractivity contribution in [3.05, 3.63) is 18.2 Å². The number of methoxy groups -OCH3 is 2.